The second-order valence-electron chi connectivity index (χ2n) is 7.52. The monoisotopic (exact) mass is 416 g/mol. The first-order valence-corrected chi connectivity index (χ1v) is 10.1. The molecule has 0 radical (unpaired) electrons. The Morgan fingerprint density at radius 1 is 0.774 bits per heavy atom. The number of imide groups is 1. The Morgan fingerprint density at radius 3 is 2.29 bits per heavy atom. The van der Waals surface area contributed by atoms with Crippen LogP contribution < -0.4 is 9.80 Å². The molecule has 31 heavy (non-hydrogen) atoms. The molecule has 6 heteroatoms. The van der Waals surface area contributed by atoms with Crippen LogP contribution in [0.1, 0.15) is 17.5 Å². The van der Waals surface area contributed by atoms with Crippen LogP contribution in [-0.2, 0) is 16.0 Å². The van der Waals surface area contributed by atoms with Crippen molar-refractivity contribution < 1.29 is 18.4 Å². The van der Waals surface area contributed by atoms with Crippen molar-refractivity contribution in [3.05, 3.63) is 101 Å². The van der Waals surface area contributed by atoms with Gasteiger partial charge in [-0.1, -0.05) is 48.5 Å². The minimum absolute atomic E-state index is 0.00243. The van der Waals surface area contributed by atoms with Crippen molar-refractivity contribution in [2.75, 3.05) is 16.3 Å². The van der Waals surface area contributed by atoms with E-state index in [1.165, 1.54) is 6.07 Å². The van der Waals surface area contributed by atoms with E-state index in [-0.39, 0.29) is 17.0 Å². The Labute approximate surface area is 178 Å². The van der Waals surface area contributed by atoms with Gasteiger partial charge in [0.05, 0.1) is 11.3 Å². The van der Waals surface area contributed by atoms with Crippen molar-refractivity contribution in [2.45, 2.75) is 12.8 Å². The smallest absolute Gasteiger partial charge is 0.282 e. The van der Waals surface area contributed by atoms with E-state index in [2.05, 4.69) is 0 Å². The maximum absolute atomic E-state index is 13.9. The summed E-state index contributed by atoms with van der Waals surface area (Å²) in [4.78, 5) is 29.9. The van der Waals surface area contributed by atoms with Gasteiger partial charge in [0, 0.05) is 18.3 Å². The molecule has 0 bridgehead atoms. The molecule has 3 aromatic carbocycles. The fourth-order valence-corrected chi connectivity index (χ4v) is 4.26. The highest BCUT2D eigenvalue weighted by Gasteiger charge is 2.43. The number of nitrogens with zero attached hydrogens (tertiary/aromatic N) is 2. The Kier molecular flexibility index (Phi) is 4.62. The number of carbonyl (C=O) groups is 2. The van der Waals surface area contributed by atoms with Crippen LogP contribution in [-0.4, -0.2) is 18.4 Å². The third-order valence-electron chi connectivity index (χ3n) is 5.66. The number of aryl methyl sites for hydroxylation is 1. The Bertz CT molecular complexity index is 1240. The van der Waals surface area contributed by atoms with Crippen molar-refractivity contribution in [3.8, 4) is 0 Å². The molecule has 0 aromatic heterocycles. The van der Waals surface area contributed by atoms with Gasteiger partial charge in [0.2, 0.25) is 0 Å². The topological polar surface area (TPSA) is 40.6 Å². The summed E-state index contributed by atoms with van der Waals surface area (Å²) < 4.78 is 27.4. The summed E-state index contributed by atoms with van der Waals surface area (Å²) in [6.45, 7) is 0.577. The zero-order chi connectivity index (χ0) is 21.5. The van der Waals surface area contributed by atoms with Crippen molar-refractivity contribution in [1.82, 2.24) is 0 Å². The third kappa shape index (κ3) is 3.11. The maximum atomic E-state index is 13.9. The van der Waals surface area contributed by atoms with Gasteiger partial charge < -0.3 is 4.90 Å². The van der Waals surface area contributed by atoms with Gasteiger partial charge in [-0.2, -0.15) is 0 Å². The quantitative estimate of drug-likeness (QED) is 0.581. The number of halogens is 2. The summed E-state index contributed by atoms with van der Waals surface area (Å²) in [6, 6.07) is 19.8. The zero-order valence-corrected chi connectivity index (χ0v) is 16.5. The van der Waals surface area contributed by atoms with Crippen molar-refractivity contribution >= 4 is 28.8 Å². The molecule has 2 aliphatic heterocycles. The van der Waals surface area contributed by atoms with Gasteiger partial charge in [0.15, 0.2) is 11.6 Å². The minimum atomic E-state index is -1.11. The summed E-state index contributed by atoms with van der Waals surface area (Å²) in [6.07, 6.45) is 1.71. The van der Waals surface area contributed by atoms with Crippen LogP contribution >= 0.6 is 0 Å². The number of anilines is 2. The minimum Gasteiger partial charge on any atom is -0.336 e. The molecule has 0 spiro atoms. The number of benzene rings is 3. The van der Waals surface area contributed by atoms with Gasteiger partial charge >= 0.3 is 0 Å². The van der Waals surface area contributed by atoms with E-state index in [0.29, 0.717) is 12.1 Å². The number of carbonyl (C=O) groups excluding carboxylic acids is 2. The van der Waals surface area contributed by atoms with Crippen LogP contribution in [0.25, 0.3) is 5.57 Å². The third-order valence-corrected chi connectivity index (χ3v) is 5.66. The lowest BCUT2D eigenvalue weighted by molar-refractivity contribution is -0.120. The summed E-state index contributed by atoms with van der Waals surface area (Å²) in [5.74, 6) is -3.26. The van der Waals surface area contributed by atoms with Crippen LogP contribution in [0.5, 0.6) is 0 Å². The summed E-state index contributed by atoms with van der Waals surface area (Å²) >= 11 is 0. The zero-order valence-electron chi connectivity index (χ0n) is 16.5. The first-order valence-electron chi connectivity index (χ1n) is 10.1. The summed E-state index contributed by atoms with van der Waals surface area (Å²) in [5, 5.41) is 0. The number of amides is 2. The van der Waals surface area contributed by atoms with E-state index < -0.39 is 23.4 Å². The number of hydrogen-bond acceptors (Lipinski definition) is 3. The molecule has 0 saturated carbocycles. The second-order valence-corrected chi connectivity index (χ2v) is 7.52. The Balaban J connectivity index is 1.69. The number of rotatable bonds is 3. The molecule has 0 aliphatic carbocycles. The van der Waals surface area contributed by atoms with Crippen LogP contribution in [0.2, 0.25) is 0 Å². The van der Waals surface area contributed by atoms with E-state index in [1.54, 1.807) is 24.3 Å². The Morgan fingerprint density at radius 2 is 1.52 bits per heavy atom. The fourth-order valence-electron chi connectivity index (χ4n) is 4.26. The number of hydrogen-bond donors (Lipinski definition) is 0. The van der Waals surface area contributed by atoms with Crippen LogP contribution in [0.15, 0.2) is 78.5 Å². The normalized spacial score (nSPS) is 16.2. The molecule has 0 fully saturated rings. The fraction of sp³-hybridized carbons (Fsp3) is 0.120. The molecular weight excluding hydrogens is 398 g/mol. The molecule has 154 valence electrons. The first-order chi connectivity index (χ1) is 15.1. The molecule has 0 atom stereocenters. The van der Waals surface area contributed by atoms with Crippen molar-refractivity contribution in [1.29, 1.82) is 0 Å². The highest BCUT2D eigenvalue weighted by atomic mass is 19.2. The van der Waals surface area contributed by atoms with Crippen LogP contribution in [0.3, 0.4) is 0 Å². The predicted molar refractivity (Wildman–Crippen MR) is 114 cm³/mol. The summed E-state index contributed by atoms with van der Waals surface area (Å²) in [5.41, 5.74) is 3.09. The van der Waals surface area contributed by atoms with E-state index in [0.717, 1.165) is 41.1 Å². The number of para-hydroxylation sites is 1. The van der Waals surface area contributed by atoms with E-state index >= 15 is 0 Å². The van der Waals surface area contributed by atoms with Gasteiger partial charge in [-0.05, 0) is 42.2 Å². The van der Waals surface area contributed by atoms with Gasteiger partial charge in [-0.15, -0.1) is 0 Å². The molecule has 0 N–H and O–H groups in total. The van der Waals surface area contributed by atoms with Gasteiger partial charge in [-0.25, -0.2) is 13.7 Å². The highest BCUT2D eigenvalue weighted by molar-refractivity contribution is 6.46. The van der Waals surface area contributed by atoms with E-state index in [1.807, 2.05) is 35.2 Å². The molecule has 3 aromatic rings. The Hall–Kier alpha value is -3.80. The van der Waals surface area contributed by atoms with Crippen molar-refractivity contribution in [3.63, 3.8) is 0 Å². The molecule has 5 rings (SSSR count). The largest absolute Gasteiger partial charge is 0.336 e. The number of fused-ring (bicyclic) bond motifs is 1. The second kappa shape index (κ2) is 7.47. The van der Waals surface area contributed by atoms with Crippen LogP contribution in [0.4, 0.5) is 20.2 Å². The van der Waals surface area contributed by atoms with Crippen molar-refractivity contribution in [2.24, 2.45) is 0 Å². The lowest BCUT2D eigenvalue weighted by atomic mass is 9.98. The first kappa shape index (κ1) is 19.2. The molecule has 0 saturated heterocycles. The lowest BCUT2D eigenvalue weighted by Gasteiger charge is -2.32. The van der Waals surface area contributed by atoms with Gasteiger partial charge in [0.1, 0.15) is 5.70 Å². The maximum Gasteiger partial charge on any atom is 0.282 e. The van der Waals surface area contributed by atoms with E-state index in [4.69, 9.17) is 0 Å². The summed E-state index contributed by atoms with van der Waals surface area (Å²) in [7, 11) is 0. The van der Waals surface area contributed by atoms with Gasteiger partial charge in [-0.3, -0.25) is 9.59 Å². The van der Waals surface area contributed by atoms with Crippen LogP contribution in [0, 0.1) is 11.6 Å². The molecule has 2 amide bonds. The average Bonchev–Trinajstić information content (AvgIpc) is 3.06. The SMILES string of the molecule is O=C1C(c2ccccc2)=C(N2CCCc3ccccc32)C(=O)N1c1ccc(F)c(F)c1. The lowest BCUT2D eigenvalue weighted by Crippen LogP contribution is -2.37. The standard InChI is InChI=1S/C25H18F2N2O2/c26-19-13-12-18(15-20(19)27)29-24(30)22(17-8-2-1-3-9-17)23(25(29)31)28-14-6-10-16-7-4-5-11-21(16)28/h1-5,7-9,11-13,15H,6,10,14H2. The predicted octanol–water partition coefficient (Wildman–Crippen LogP) is 4.70. The van der Waals surface area contributed by atoms with E-state index in [9.17, 15) is 18.4 Å². The van der Waals surface area contributed by atoms with Gasteiger partial charge in [0.25, 0.3) is 11.8 Å². The average molecular weight is 416 g/mol. The highest BCUT2D eigenvalue weighted by Crippen LogP contribution is 2.39. The molecule has 2 aliphatic rings. The molecular formula is C25H18F2N2O2. The molecule has 2 heterocycles. The molecule has 4 nitrogen and oxygen atoms in total. The molecule has 0 unspecified atom stereocenters.